The van der Waals surface area contributed by atoms with E-state index in [1.165, 1.54) is 19.2 Å². The molecular formula is C16H15N3O3S. The van der Waals surface area contributed by atoms with E-state index in [-0.39, 0.29) is 17.2 Å². The first kappa shape index (κ1) is 15.2. The summed E-state index contributed by atoms with van der Waals surface area (Å²) in [6, 6.07) is 10.3. The molecule has 0 N–H and O–H groups in total. The SMILES string of the molecule is Cn1nc(C(=O)N(Cc2ccco2)Cc2cccs2)ccc1=O. The predicted octanol–water partition coefficient (Wildman–Crippen LogP) is 2.28. The van der Waals surface area contributed by atoms with Crippen molar-refractivity contribution in [3.63, 3.8) is 0 Å². The fourth-order valence-corrected chi connectivity index (χ4v) is 2.88. The number of carbonyl (C=O) groups excluding carboxylic acids is 1. The van der Waals surface area contributed by atoms with Gasteiger partial charge in [-0.2, -0.15) is 5.10 Å². The minimum atomic E-state index is -0.252. The number of aromatic nitrogens is 2. The fraction of sp³-hybridized carbons (Fsp3) is 0.188. The van der Waals surface area contributed by atoms with Crippen molar-refractivity contribution in [3.05, 3.63) is 74.7 Å². The molecule has 0 radical (unpaired) electrons. The summed E-state index contributed by atoms with van der Waals surface area (Å²) in [4.78, 5) is 26.9. The Morgan fingerprint density at radius 1 is 1.26 bits per heavy atom. The van der Waals surface area contributed by atoms with Gasteiger partial charge in [-0.05, 0) is 29.6 Å². The average molecular weight is 329 g/mol. The van der Waals surface area contributed by atoms with Crippen LogP contribution < -0.4 is 5.56 Å². The summed E-state index contributed by atoms with van der Waals surface area (Å²) in [6.07, 6.45) is 1.58. The molecule has 118 valence electrons. The molecule has 0 aliphatic heterocycles. The van der Waals surface area contributed by atoms with Crippen molar-refractivity contribution in [1.82, 2.24) is 14.7 Å². The number of carbonyl (C=O) groups is 1. The van der Waals surface area contributed by atoms with Crippen molar-refractivity contribution in [2.24, 2.45) is 7.05 Å². The molecule has 3 rings (SSSR count). The minimum absolute atomic E-state index is 0.232. The van der Waals surface area contributed by atoms with E-state index < -0.39 is 0 Å². The third kappa shape index (κ3) is 3.57. The van der Waals surface area contributed by atoms with Crippen molar-refractivity contribution < 1.29 is 9.21 Å². The highest BCUT2D eigenvalue weighted by atomic mass is 32.1. The van der Waals surface area contributed by atoms with E-state index in [1.54, 1.807) is 28.6 Å². The first-order valence-electron chi connectivity index (χ1n) is 7.02. The first-order chi connectivity index (χ1) is 11.1. The molecule has 0 fully saturated rings. The summed E-state index contributed by atoms with van der Waals surface area (Å²) >= 11 is 1.58. The maximum absolute atomic E-state index is 12.8. The van der Waals surface area contributed by atoms with E-state index in [1.807, 2.05) is 23.6 Å². The number of nitrogens with zero attached hydrogens (tertiary/aromatic N) is 3. The lowest BCUT2D eigenvalue weighted by Gasteiger charge is -2.20. The number of aryl methyl sites for hydroxylation is 1. The molecule has 0 spiro atoms. The van der Waals surface area contributed by atoms with Gasteiger partial charge in [-0.3, -0.25) is 9.59 Å². The number of furan rings is 1. The lowest BCUT2D eigenvalue weighted by Crippen LogP contribution is -2.32. The van der Waals surface area contributed by atoms with Gasteiger partial charge in [0.05, 0.1) is 19.4 Å². The quantitative estimate of drug-likeness (QED) is 0.720. The van der Waals surface area contributed by atoms with Crippen LogP contribution in [0.5, 0.6) is 0 Å². The molecule has 0 saturated carbocycles. The Balaban J connectivity index is 1.87. The molecule has 23 heavy (non-hydrogen) atoms. The largest absolute Gasteiger partial charge is 0.467 e. The second kappa shape index (κ2) is 6.62. The Bertz CT molecular complexity index is 802. The van der Waals surface area contributed by atoms with Crippen molar-refractivity contribution in [1.29, 1.82) is 0 Å². The van der Waals surface area contributed by atoms with Crippen LogP contribution in [0, 0.1) is 0 Å². The van der Waals surface area contributed by atoms with Gasteiger partial charge in [-0.1, -0.05) is 6.07 Å². The number of thiophene rings is 1. The first-order valence-corrected chi connectivity index (χ1v) is 7.90. The van der Waals surface area contributed by atoms with Gasteiger partial charge in [0.15, 0.2) is 0 Å². The third-order valence-electron chi connectivity index (χ3n) is 3.32. The van der Waals surface area contributed by atoms with Gasteiger partial charge in [-0.15, -0.1) is 11.3 Å². The molecule has 3 aromatic rings. The lowest BCUT2D eigenvalue weighted by molar-refractivity contribution is 0.0711. The Morgan fingerprint density at radius 2 is 2.13 bits per heavy atom. The highest BCUT2D eigenvalue weighted by molar-refractivity contribution is 7.09. The zero-order chi connectivity index (χ0) is 16.2. The summed E-state index contributed by atoms with van der Waals surface area (Å²) in [7, 11) is 1.52. The number of rotatable bonds is 5. The Morgan fingerprint density at radius 3 is 2.78 bits per heavy atom. The van der Waals surface area contributed by atoms with Gasteiger partial charge in [0.1, 0.15) is 11.5 Å². The minimum Gasteiger partial charge on any atom is -0.467 e. The van der Waals surface area contributed by atoms with Crippen molar-refractivity contribution in [3.8, 4) is 0 Å². The molecule has 0 unspecified atom stereocenters. The molecular weight excluding hydrogens is 314 g/mol. The van der Waals surface area contributed by atoms with Gasteiger partial charge in [0, 0.05) is 18.0 Å². The van der Waals surface area contributed by atoms with Gasteiger partial charge in [-0.25, -0.2) is 4.68 Å². The van der Waals surface area contributed by atoms with Crippen LogP contribution in [-0.4, -0.2) is 20.6 Å². The Hall–Kier alpha value is -2.67. The molecule has 3 heterocycles. The molecule has 1 amide bonds. The van der Waals surface area contributed by atoms with Crippen LogP contribution in [-0.2, 0) is 20.1 Å². The second-order valence-corrected chi connectivity index (χ2v) is 6.03. The fourth-order valence-electron chi connectivity index (χ4n) is 2.16. The molecule has 3 aromatic heterocycles. The maximum Gasteiger partial charge on any atom is 0.275 e. The predicted molar refractivity (Wildman–Crippen MR) is 86.1 cm³/mol. The Kier molecular flexibility index (Phi) is 4.38. The maximum atomic E-state index is 12.8. The van der Waals surface area contributed by atoms with Crippen LogP contribution in [0.2, 0.25) is 0 Å². The van der Waals surface area contributed by atoms with Crippen LogP contribution in [0.25, 0.3) is 0 Å². The molecule has 7 heteroatoms. The topological polar surface area (TPSA) is 68.3 Å². The van der Waals surface area contributed by atoms with Crippen LogP contribution >= 0.6 is 11.3 Å². The standard InChI is InChI=1S/C16H15N3O3S/c1-18-15(20)7-6-14(17-18)16(21)19(10-12-4-2-8-22-12)11-13-5-3-9-23-13/h2-9H,10-11H2,1H3. The van der Waals surface area contributed by atoms with Gasteiger partial charge in [0.25, 0.3) is 11.5 Å². The molecule has 0 aromatic carbocycles. The summed E-state index contributed by atoms with van der Waals surface area (Å²) in [5, 5.41) is 6.01. The van der Waals surface area contributed by atoms with Gasteiger partial charge < -0.3 is 9.32 Å². The lowest BCUT2D eigenvalue weighted by atomic mass is 10.3. The molecule has 0 atom stereocenters. The Labute approximate surface area is 136 Å². The van der Waals surface area contributed by atoms with E-state index >= 15 is 0 Å². The zero-order valence-corrected chi connectivity index (χ0v) is 13.3. The third-order valence-corrected chi connectivity index (χ3v) is 4.18. The second-order valence-electron chi connectivity index (χ2n) is 5.00. The number of hydrogen-bond donors (Lipinski definition) is 0. The zero-order valence-electron chi connectivity index (χ0n) is 12.5. The van der Waals surface area contributed by atoms with Crippen LogP contribution in [0.3, 0.4) is 0 Å². The summed E-state index contributed by atoms with van der Waals surface area (Å²) in [5.41, 5.74) is -0.0207. The van der Waals surface area contributed by atoms with E-state index in [0.29, 0.717) is 18.8 Å². The number of amides is 1. The van der Waals surface area contributed by atoms with Crippen molar-refractivity contribution in [2.45, 2.75) is 13.1 Å². The molecule has 0 bridgehead atoms. The molecule has 0 aliphatic rings. The van der Waals surface area contributed by atoms with E-state index in [2.05, 4.69) is 5.10 Å². The monoisotopic (exact) mass is 329 g/mol. The van der Waals surface area contributed by atoms with E-state index in [0.717, 1.165) is 9.56 Å². The average Bonchev–Trinajstić information content (AvgIpc) is 3.22. The molecule has 6 nitrogen and oxygen atoms in total. The summed E-state index contributed by atoms with van der Waals surface area (Å²) < 4.78 is 6.50. The highest BCUT2D eigenvalue weighted by Gasteiger charge is 2.20. The molecule has 0 saturated heterocycles. The number of hydrogen-bond acceptors (Lipinski definition) is 5. The van der Waals surface area contributed by atoms with Crippen LogP contribution in [0.1, 0.15) is 21.1 Å². The van der Waals surface area contributed by atoms with Crippen molar-refractivity contribution in [2.75, 3.05) is 0 Å². The normalized spacial score (nSPS) is 10.7. The van der Waals surface area contributed by atoms with Crippen molar-refractivity contribution >= 4 is 17.2 Å². The van der Waals surface area contributed by atoms with Crippen LogP contribution in [0.15, 0.2) is 57.3 Å². The van der Waals surface area contributed by atoms with E-state index in [4.69, 9.17) is 4.42 Å². The highest BCUT2D eigenvalue weighted by Crippen LogP contribution is 2.16. The van der Waals surface area contributed by atoms with E-state index in [9.17, 15) is 9.59 Å². The summed E-state index contributed by atoms with van der Waals surface area (Å²) in [5.74, 6) is 0.449. The van der Waals surface area contributed by atoms with Gasteiger partial charge >= 0.3 is 0 Å². The van der Waals surface area contributed by atoms with Gasteiger partial charge in [0.2, 0.25) is 0 Å². The van der Waals surface area contributed by atoms with Crippen LogP contribution in [0.4, 0.5) is 0 Å². The summed E-state index contributed by atoms with van der Waals surface area (Å²) in [6.45, 7) is 0.802. The smallest absolute Gasteiger partial charge is 0.275 e. The molecule has 0 aliphatic carbocycles.